The first-order valence-corrected chi connectivity index (χ1v) is 7.86. The number of hydrogen-bond acceptors (Lipinski definition) is 3. The van der Waals surface area contributed by atoms with Gasteiger partial charge in [-0.25, -0.2) is 4.98 Å². The van der Waals surface area contributed by atoms with Gasteiger partial charge >= 0.3 is 0 Å². The van der Waals surface area contributed by atoms with Crippen LogP contribution in [0.15, 0.2) is 18.3 Å². The maximum absolute atomic E-state index is 5.88. The molecule has 1 aromatic rings. The molecule has 3 nitrogen and oxygen atoms in total. The van der Waals surface area contributed by atoms with Crippen molar-refractivity contribution in [2.75, 3.05) is 18.0 Å². The molecule has 0 amide bonds. The van der Waals surface area contributed by atoms with E-state index in [1.165, 1.54) is 12.8 Å². The van der Waals surface area contributed by atoms with Gasteiger partial charge in [0.05, 0.1) is 0 Å². The van der Waals surface area contributed by atoms with Crippen LogP contribution in [0, 0.1) is 11.8 Å². The summed E-state index contributed by atoms with van der Waals surface area (Å²) in [5.41, 5.74) is 6.98. The topological polar surface area (TPSA) is 42.1 Å². The Kier molecular flexibility index (Phi) is 7.00. The van der Waals surface area contributed by atoms with E-state index in [0.29, 0.717) is 0 Å². The van der Waals surface area contributed by atoms with E-state index in [9.17, 15) is 0 Å². The minimum atomic E-state index is 0.0522. The van der Waals surface area contributed by atoms with Crippen LogP contribution >= 0.6 is 0 Å². The minimum absolute atomic E-state index is 0.0522. The largest absolute Gasteiger partial charge is 0.357 e. The monoisotopic (exact) mass is 277 g/mol. The van der Waals surface area contributed by atoms with Crippen LogP contribution in [-0.4, -0.2) is 18.1 Å². The first-order chi connectivity index (χ1) is 9.40. The van der Waals surface area contributed by atoms with Crippen LogP contribution in [-0.2, 0) is 0 Å². The number of rotatable bonds is 8. The number of nitrogens with zero attached hydrogens (tertiary/aromatic N) is 2. The zero-order valence-electron chi connectivity index (χ0n) is 13.8. The summed E-state index contributed by atoms with van der Waals surface area (Å²) < 4.78 is 0. The van der Waals surface area contributed by atoms with Crippen molar-refractivity contribution in [3.8, 4) is 0 Å². The van der Waals surface area contributed by atoms with Crippen LogP contribution in [0.3, 0.4) is 0 Å². The van der Waals surface area contributed by atoms with Crippen molar-refractivity contribution >= 4 is 5.82 Å². The van der Waals surface area contributed by atoms with Gasteiger partial charge in [0.25, 0.3) is 0 Å². The third kappa shape index (κ3) is 5.91. The van der Waals surface area contributed by atoms with Gasteiger partial charge in [-0.3, -0.25) is 0 Å². The molecule has 114 valence electrons. The first kappa shape index (κ1) is 17.0. The van der Waals surface area contributed by atoms with Crippen LogP contribution in [0.5, 0.6) is 0 Å². The Hall–Kier alpha value is -1.09. The Morgan fingerprint density at radius 2 is 1.55 bits per heavy atom. The highest BCUT2D eigenvalue weighted by Crippen LogP contribution is 2.17. The molecule has 0 unspecified atom stereocenters. The molecule has 3 heteroatoms. The lowest BCUT2D eigenvalue weighted by Crippen LogP contribution is -2.28. The van der Waals surface area contributed by atoms with Crippen LogP contribution in [0.25, 0.3) is 0 Å². The van der Waals surface area contributed by atoms with E-state index in [4.69, 9.17) is 5.73 Å². The molecule has 0 aliphatic carbocycles. The molecule has 0 saturated carbocycles. The van der Waals surface area contributed by atoms with Gasteiger partial charge in [0.15, 0.2) is 0 Å². The van der Waals surface area contributed by atoms with Crippen LogP contribution in [0.4, 0.5) is 5.82 Å². The Bertz CT molecular complexity index is 356. The van der Waals surface area contributed by atoms with Crippen molar-refractivity contribution in [3.63, 3.8) is 0 Å². The molecule has 0 spiro atoms. The molecule has 1 heterocycles. The highest BCUT2D eigenvalue weighted by molar-refractivity contribution is 5.39. The van der Waals surface area contributed by atoms with Crippen LogP contribution in [0.1, 0.15) is 59.1 Å². The molecular weight excluding hydrogens is 246 g/mol. The lowest BCUT2D eigenvalue weighted by atomic mass is 10.1. The molecule has 1 rings (SSSR count). The van der Waals surface area contributed by atoms with Gasteiger partial charge in [-0.05, 0) is 43.2 Å². The zero-order chi connectivity index (χ0) is 15.1. The Balaban J connectivity index is 2.74. The zero-order valence-corrected chi connectivity index (χ0v) is 13.8. The van der Waals surface area contributed by atoms with Gasteiger partial charge in [-0.15, -0.1) is 0 Å². The highest BCUT2D eigenvalue weighted by Gasteiger charge is 2.10. The van der Waals surface area contributed by atoms with Gasteiger partial charge in [0, 0.05) is 25.3 Å². The average Bonchev–Trinajstić information content (AvgIpc) is 2.38. The van der Waals surface area contributed by atoms with Crippen molar-refractivity contribution in [1.29, 1.82) is 0 Å². The normalized spacial score (nSPS) is 13.0. The van der Waals surface area contributed by atoms with Gasteiger partial charge in [-0.1, -0.05) is 33.8 Å². The quantitative estimate of drug-likeness (QED) is 0.781. The molecule has 1 aromatic heterocycles. The van der Waals surface area contributed by atoms with Crippen LogP contribution < -0.4 is 10.6 Å². The van der Waals surface area contributed by atoms with Crippen molar-refractivity contribution in [2.45, 2.75) is 53.5 Å². The molecule has 0 fully saturated rings. The summed E-state index contributed by atoms with van der Waals surface area (Å²) in [6, 6.07) is 4.26. The Labute approximate surface area is 124 Å². The van der Waals surface area contributed by atoms with E-state index < -0.39 is 0 Å². The molecule has 0 saturated heterocycles. The third-order valence-electron chi connectivity index (χ3n) is 3.57. The average molecular weight is 277 g/mol. The predicted molar refractivity (Wildman–Crippen MR) is 88.0 cm³/mol. The number of hydrogen-bond donors (Lipinski definition) is 1. The fourth-order valence-electron chi connectivity index (χ4n) is 2.02. The molecule has 0 aliphatic rings. The summed E-state index contributed by atoms with van der Waals surface area (Å²) >= 11 is 0. The molecule has 0 aliphatic heterocycles. The van der Waals surface area contributed by atoms with E-state index in [1.807, 2.05) is 13.1 Å². The van der Waals surface area contributed by atoms with E-state index in [2.05, 4.69) is 49.7 Å². The second-order valence-corrected chi connectivity index (χ2v) is 6.59. The fourth-order valence-corrected chi connectivity index (χ4v) is 2.02. The minimum Gasteiger partial charge on any atom is -0.357 e. The van der Waals surface area contributed by atoms with E-state index in [-0.39, 0.29) is 6.04 Å². The summed E-state index contributed by atoms with van der Waals surface area (Å²) in [6.07, 6.45) is 4.32. The predicted octanol–water partition coefficient (Wildman–Crippen LogP) is 4.00. The van der Waals surface area contributed by atoms with Crippen molar-refractivity contribution < 1.29 is 0 Å². The molecule has 2 N–H and O–H groups in total. The smallest absolute Gasteiger partial charge is 0.128 e. The summed E-state index contributed by atoms with van der Waals surface area (Å²) in [4.78, 5) is 7.01. The lowest BCUT2D eigenvalue weighted by Gasteiger charge is -2.25. The van der Waals surface area contributed by atoms with Gasteiger partial charge in [-0.2, -0.15) is 0 Å². The second kappa shape index (κ2) is 8.25. The number of anilines is 1. The molecule has 0 radical (unpaired) electrons. The van der Waals surface area contributed by atoms with Crippen molar-refractivity contribution in [3.05, 3.63) is 23.9 Å². The maximum atomic E-state index is 5.88. The molecular formula is C17H31N3. The van der Waals surface area contributed by atoms with E-state index in [0.717, 1.165) is 36.3 Å². The lowest BCUT2D eigenvalue weighted by molar-refractivity contribution is 0.533. The molecule has 0 bridgehead atoms. The van der Waals surface area contributed by atoms with E-state index in [1.54, 1.807) is 0 Å². The Morgan fingerprint density at radius 3 is 1.90 bits per heavy atom. The fraction of sp³-hybridized carbons (Fsp3) is 0.706. The second-order valence-electron chi connectivity index (χ2n) is 6.59. The third-order valence-corrected chi connectivity index (χ3v) is 3.57. The maximum Gasteiger partial charge on any atom is 0.128 e. The van der Waals surface area contributed by atoms with Gasteiger partial charge in [0.2, 0.25) is 0 Å². The summed E-state index contributed by atoms with van der Waals surface area (Å²) in [7, 11) is 0. The number of pyridine rings is 1. The van der Waals surface area contributed by atoms with E-state index >= 15 is 0 Å². The highest BCUT2D eigenvalue weighted by atomic mass is 15.2. The van der Waals surface area contributed by atoms with Gasteiger partial charge < -0.3 is 10.6 Å². The number of aromatic nitrogens is 1. The van der Waals surface area contributed by atoms with Gasteiger partial charge in [0.1, 0.15) is 5.82 Å². The summed E-state index contributed by atoms with van der Waals surface area (Å²) in [6.45, 7) is 13.2. The molecule has 20 heavy (non-hydrogen) atoms. The summed E-state index contributed by atoms with van der Waals surface area (Å²) in [5.74, 6) is 2.52. The molecule has 1 atom stereocenters. The van der Waals surface area contributed by atoms with Crippen molar-refractivity contribution in [2.24, 2.45) is 17.6 Å². The van der Waals surface area contributed by atoms with Crippen molar-refractivity contribution in [1.82, 2.24) is 4.98 Å². The summed E-state index contributed by atoms with van der Waals surface area (Å²) in [5, 5.41) is 0. The standard InChI is InChI=1S/C17H31N3/c1-13(2)8-10-20(11-9-14(3)4)17-7-6-16(12-19-17)15(5)18/h6-7,12-15H,8-11,18H2,1-5H3/t15-/m1/s1. The SMILES string of the molecule is CC(C)CCN(CCC(C)C)c1ccc([C@@H](C)N)cn1. The molecule has 0 aromatic carbocycles. The first-order valence-electron chi connectivity index (χ1n) is 7.86. The number of nitrogens with two attached hydrogens (primary N) is 1. The Morgan fingerprint density at radius 1 is 1.00 bits per heavy atom. The van der Waals surface area contributed by atoms with Crippen LogP contribution in [0.2, 0.25) is 0 Å².